The standard InChI is InChI=1S/C13H19N3S/c1-3-16-13(6-10(2)15-16)8-12(14)7-11-4-5-17-9-11/h4-6,9,12H,3,7-8,14H2,1-2H3. The van der Waals surface area contributed by atoms with E-state index in [0.29, 0.717) is 0 Å². The van der Waals surface area contributed by atoms with Crippen molar-refractivity contribution in [2.24, 2.45) is 5.73 Å². The van der Waals surface area contributed by atoms with E-state index in [4.69, 9.17) is 5.73 Å². The van der Waals surface area contributed by atoms with E-state index in [9.17, 15) is 0 Å². The third kappa shape index (κ3) is 3.17. The van der Waals surface area contributed by atoms with Crippen LogP contribution in [0.25, 0.3) is 0 Å². The number of aromatic nitrogens is 2. The van der Waals surface area contributed by atoms with Crippen molar-refractivity contribution >= 4 is 11.3 Å². The number of hydrogen-bond donors (Lipinski definition) is 1. The summed E-state index contributed by atoms with van der Waals surface area (Å²) < 4.78 is 2.04. The number of nitrogens with zero attached hydrogens (tertiary/aromatic N) is 2. The Balaban J connectivity index is 2.00. The Morgan fingerprint density at radius 1 is 1.47 bits per heavy atom. The van der Waals surface area contributed by atoms with Crippen molar-refractivity contribution in [3.8, 4) is 0 Å². The molecule has 0 saturated heterocycles. The van der Waals surface area contributed by atoms with Gasteiger partial charge in [-0.2, -0.15) is 16.4 Å². The van der Waals surface area contributed by atoms with Gasteiger partial charge >= 0.3 is 0 Å². The zero-order chi connectivity index (χ0) is 12.3. The molecule has 4 heteroatoms. The SMILES string of the molecule is CCn1nc(C)cc1CC(N)Cc1ccsc1. The lowest BCUT2D eigenvalue weighted by Crippen LogP contribution is -2.26. The van der Waals surface area contributed by atoms with Gasteiger partial charge in [0.25, 0.3) is 0 Å². The van der Waals surface area contributed by atoms with E-state index in [1.54, 1.807) is 11.3 Å². The van der Waals surface area contributed by atoms with Gasteiger partial charge in [0, 0.05) is 24.7 Å². The first-order chi connectivity index (χ1) is 8.19. The molecule has 0 bridgehead atoms. The minimum absolute atomic E-state index is 0.172. The minimum atomic E-state index is 0.172. The van der Waals surface area contributed by atoms with Crippen LogP contribution in [0.15, 0.2) is 22.9 Å². The summed E-state index contributed by atoms with van der Waals surface area (Å²) in [6.45, 7) is 5.05. The summed E-state index contributed by atoms with van der Waals surface area (Å²) in [7, 11) is 0. The fourth-order valence-corrected chi connectivity index (χ4v) is 2.77. The number of thiophene rings is 1. The molecule has 0 fully saturated rings. The summed E-state index contributed by atoms with van der Waals surface area (Å²) in [6, 6.07) is 4.45. The molecular formula is C13H19N3S. The van der Waals surface area contributed by atoms with E-state index in [0.717, 1.165) is 25.1 Å². The van der Waals surface area contributed by atoms with Crippen molar-refractivity contribution in [1.82, 2.24) is 9.78 Å². The summed E-state index contributed by atoms with van der Waals surface area (Å²) in [6.07, 6.45) is 1.84. The summed E-state index contributed by atoms with van der Waals surface area (Å²) in [5.74, 6) is 0. The molecule has 2 N–H and O–H groups in total. The van der Waals surface area contributed by atoms with Crippen LogP contribution in [0, 0.1) is 6.92 Å². The normalized spacial score (nSPS) is 12.9. The van der Waals surface area contributed by atoms with Gasteiger partial charge in [0.05, 0.1) is 5.69 Å². The number of rotatable bonds is 5. The summed E-state index contributed by atoms with van der Waals surface area (Å²) in [5.41, 5.74) is 9.85. The molecule has 0 aliphatic heterocycles. The molecule has 0 saturated carbocycles. The Hall–Kier alpha value is -1.13. The molecule has 1 unspecified atom stereocenters. The maximum atomic E-state index is 6.19. The molecule has 1 atom stereocenters. The van der Waals surface area contributed by atoms with Crippen molar-refractivity contribution < 1.29 is 0 Å². The molecule has 0 amide bonds. The average molecular weight is 249 g/mol. The molecule has 2 heterocycles. The maximum absolute atomic E-state index is 6.19. The van der Waals surface area contributed by atoms with Crippen molar-refractivity contribution in [2.75, 3.05) is 0 Å². The smallest absolute Gasteiger partial charge is 0.0596 e. The zero-order valence-corrected chi connectivity index (χ0v) is 11.2. The fourth-order valence-electron chi connectivity index (χ4n) is 2.09. The van der Waals surface area contributed by atoms with E-state index in [2.05, 4.69) is 34.9 Å². The van der Waals surface area contributed by atoms with Gasteiger partial charge in [-0.3, -0.25) is 4.68 Å². The summed E-state index contributed by atoms with van der Waals surface area (Å²) in [5, 5.41) is 8.71. The largest absolute Gasteiger partial charge is 0.327 e. The van der Waals surface area contributed by atoms with E-state index < -0.39 is 0 Å². The van der Waals surface area contributed by atoms with Crippen LogP contribution in [0.1, 0.15) is 23.9 Å². The highest BCUT2D eigenvalue weighted by Crippen LogP contribution is 2.12. The van der Waals surface area contributed by atoms with Gasteiger partial charge in [0.1, 0.15) is 0 Å². The third-order valence-corrected chi connectivity index (χ3v) is 3.57. The Kier molecular flexibility index (Phi) is 3.97. The highest BCUT2D eigenvalue weighted by Gasteiger charge is 2.10. The topological polar surface area (TPSA) is 43.8 Å². The third-order valence-electron chi connectivity index (χ3n) is 2.83. The predicted octanol–water partition coefficient (Wildman–Crippen LogP) is 2.39. The highest BCUT2D eigenvalue weighted by atomic mass is 32.1. The van der Waals surface area contributed by atoms with Gasteiger partial charge in [-0.15, -0.1) is 0 Å². The van der Waals surface area contributed by atoms with Gasteiger partial charge in [0.2, 0.25) is 0 Å². The fraction of sp³-hybridized carbons (Fsp3) is 0.462. The van der Waals surface area contributed by atoms with Crippen LogP contribution in [0.4, 0.5) is 0 Å². The van der Waals surface area contributed by atoms with Crippen molar-refractivity contribution in [1.29, 1.82) is 0 Å². The van der Waals surface area contributed by atoms with E-state index >= 15 is 0 Å². The molecule has 2 aromatic heterocycles. The van der Waals surface area contributed by atoms with Crippen molar-refractivity contribution in [2.45, 2.75) is 39.3 Å². The maximum Gasteiger partial charge on any atom is 0.0596 e. The van der Waals surface area contributed by atoms with E-state index in [-0.39, 0.29) is 6.04 Å². The molecule has 2 rings (SSSR count). The molecular weight excluding hydrogens is 230 g/mol. The van der Waals surface area contributed by atoms with Gasteiger partial charge in [-0.1, -0.05) is 0 Å². The molecule has 2 aromatic rings. The van der Waals surface area contributed by atoms with E-state index in [1.165, 1.54) is 11.3 Å². The van der Waals surface area contributed by atoms with Gasteiger partial charge in [0.15, 0.2) is 0 Å². The van der Waals surface area contributed by atoms with Crippen LogP contribution >= 0.6 is 11.3 Å². The Bertz CT molecular complexity index is 459. The Labute approximate surface area is 106 Å². The number of nitrogens with two attached hydrogens (primary N) is 1. The summed E-state index contributed by atoms with van der Waals surface area (Å²) >= 11 is 1.73. The highest BCUT2D eigenvalue weighted by molar-refractivity contribution is 7.07. The minimum Gasteiger partial charge on any atom is -0.327 e. The van der Waals surface area contributed by atoms with Crippen molar-refractivity contribution in [3.63, 3.8) is 0 Å². The first kappa shape index (κ1) is 12.3. The van der Waals surface area contributed by atoms with Gasteiger partial charge in [-0.05, 0) is 48.7 Å². The Morgan fingerprint density at radius 3 is 2.94 bits per heavy atom. The predicted molar refractivity (Wildman–Crippen MR) is 72.3 cm³/mol. The molecule has 3 nitrogen and oxygen atoms in total. The zero-order valence-electron chi connectivity index (χ0n) is 10.4. The van der Waals surface area contributed by atoms with Crippen LogP contribution in [-0.2, 0) is 19.4 Å². The average Bonchev–Trinajstić information content (AvgIpc) is 2.88. The molecule has 0 aliphatic rings. The van der Waals surface area contributed by atoms with Crippen LogP contribution in [0.2, 0.25) is 0 Å². The van der Waals surface area contributed by atoms with Crippen molar-refractivity contribution in [3.05, 3.63) is 39.8 Å². The van der Waals surface area contributed by atoms with Gasteiger partial charge in [-0.25, -0.2) is 0 Å². The van der Waals surface area contributed by atoms with Gasteiger partial charge < -0.3 is 5.73 Å². The lowest BCUT2D eigenvalue weighted by atomic mass is 10.0. The second kappa shape index (κ2) is 5.47. The second-order valence-corrected chi connectivity index (χ2v) is 5.17. The number of aryl methyl sites for hydroxylation is 2. The molecule has 0 aromatic carbocycles. The first-order valence-corrected chi connectivity index (χ1v) is 6.93. The monoisotopic (exact) mass is 249 g/mol. The molecule has 0 spiro atoms. The number of hydrogen-bond acceptors (Lipinski definition) is 3. The lowest BCUT2D eigenvalue weighted by Gasteiger charge is -2.11. The van der Waals surface area contributed by atoms with Crippen LogP contribution < -0.4 is 5.73 Å². The molecule has 17 heavy (non-hydrogen) atoms. The molecule has 0 aliphatic carbocycles. The lowest BCUT2D eigenvalue weighted by molar-refractivity contribution is 0.574. The van der Waals surface area contributed by atoms with Crippen LogP contribution in [0.3, 0.4) is 0 Å². The second-order valence-electron chi connectivity index (χ2n) is 4.39. The first-order valence-electron chi connectivity index (χ1n) is 5.99. The molecule has 92 valence electrons. The van der Waals surface area contributed by atoms with Crippen LogP contribution in [0.5, 0.6) is 0 Å². The summed E-state index contributed by atoms with van der Waals surface area (Å²) in [4.78, 5) is 0. The quantitative estimate of drug-likeness (QED) is 0.884. The van der Waals surface area contributed by atoms with E-state index in [1.807, 2.05) is 11.6 Å². The molecule has 0 radical (unpaired) electrons. The Morgan fingerprint density at radius 2 is 2.29 bits per heavy atom. The van der Waals surface area contributed by atoms with Crippen LogP contribution in [-0.4, -0.2) is 15.8 Å².